The van der Waals surface area contributed by atoms with Crippen molar-refractivity contribution in [3.05, 3.63) is 40.1 Å². The maximum Gasteiger partial charge on any atom is 0.291 e. The average molecular weight is 313 g/mol. The van der Waals surface area contributed by atoms with Gasteiger partial charge in [0, 0.05) is 12.1 Å². The number of aromatic nitrogens is 1. The maximum atomic E-state index is 12.2. The van der Waals surface area contributed by atoms with Crippen LogP contribution in [0.1, 0.15) is 5.69 Å². The Morgan fingerprint density at radius 1 is 1.38 bits per heavy atom. The highest BCUT2D eigenvalue weighted by molar-refractivity contribution is 7.92. The first-order chi connectivity index (χ1) is 9.83. The van der Waals surface area contributed by atoms with Crippen LogP contribution in [-0.4, -0.2) is 18.5 Å². The second-order valence-electron chi connectivity index (χ2n) is 4.02. The molecule has 0 amide bonds. The number of benzene rings is 1. The number of nitrogen functional groups attached to an aromatic ring is 1. The standard InChI is InChI=1S/C10H11N5O5S/c1-6-4-10(20-13-6)14-21(18,19)9-3-2-7(12-11)5-8(9)15(16)17/h2-5,12,14H,11H2,1H3. The lowest BCUT2D eigenvalue weighted by Crippen LogP contribution is -2.15. The first-order valence-electron chi connectivity index (χ1n) is 5.54. The molecule has 1 aromatic heterocycles. The molecule has 0 bridgehead atoms. The van der Waals surface area contributed by atoms with Gasteiger partial charge in [-0.2, -0.15) is 0 Å². The van der Waals surface area contributed by atoms with Crippen molar-refractivity contribution < 1.29 is 17.9 Å². The zero-order valence-electron chi connectivity index (χ0n) is 10.7. The topological polar surface area (TPSA) is 153 Å². The van der Waals surface area contributed by atoms with Crippen molar-refractivity contribution in [1.29, 1.82) is 0 Å². The van der Waals surface area contributed by atoms with Crippen LogP contribution in [0.25, 0.3) is 0 Å². The normalized spacial score (nSPS) is 11.1. The Labute approximate surface area is 119 Å². The van der Waals surface area contributed by atoms with Gasteiger partial charge in [0.2, 0.25) is 5.88 Å². The van der Waals surface area contributed by atoms with Crippen LogP contribution < -0.4 is 16.0 Å². The van der Waals surface area contributed by atoms with Gasteiger partial charge in [0.1, 0.15) is 0 Å². The molecular formula is C10H11N5O5S. The molecule has 0 radical (unpaired) electrons. The summed E-state index contributed by atoms with van der Waals surface area (Å²) in [4.78, 5) is 9.67. The maximum absolute atomic E-state index is 12.2. The zero-order valence-corrected chi connectivity index (χ0v) is 11.5. The highest BCUT2D eigenvalue weighted by atomic mass is 32.2. The molecule has 0 aliphatic heterocycles. The average Bonchev–Trinajstić information content (AvgIpc) is 2.82. The van der Waals surface area contributed by atoms with Crippen molar-refractivity contribution in [3.63, 3.8) is 0 Å². The summed E-state index contributed by atoms with van der Waals surface area (Å²) in [6.45, 7) is 1.60. The van der Waals surface area contributed by atoms with Crippen molar-refractivity contribution in [2.75, 3.05) is 10.1 Å². The van der Waals surface area contributed by atoms with Gasteiger partial charge in [-0.25, -0.2) is 13.1 Å². The Kier molecular flexibility index (Phi) is 3.78. The molecule has 4 N–H and O–H groups in total. The van der Waals surface area contributed by atoms with Gasteiger partial charge < -0.3 is 9.95 Å². The predicted molar refractivity (Wildman–Crippen MR) is 73.0 cm³/mol. The van der Waals surface area contributed by atoms with E-state index in [1.54, 1.807) is 6.92 Å². The molecule has 0 atom stereocenters. The Morgan fingerprint density at radius 2 is 2.10 bits per heavy atom. The molecule has 10 nitrogen and oxygen atoms in total. The molecule has 0 unspecified atom stereocenters. The molecule has 0 spiro atoms. The lowest BCUT2D eigenvalue weighted by molar-refractivity contribution is -0.387. The third-order valence-corrected chi connectivity index (χ3v) is 3.87. The number of nitro benzene ring substituents is 1. The molecule has 0 aliphatic rings. The minimum atomic E-state index is -4.19. The van der Waals surface area contributed by atoms with E-state index in [0.717, 1.165) is 12.1 Å². The lowest BCUT2D eigenvalue weighted by Gasteiger charge is -2.07. The number of nitrogens with zero attached hydrogens (tertiary/aromatic N) is 2. The van der Waals surface area contributed by atoms with Crippen LogP contribution in [0, 0.1) is 17.0 Å². The Bertz CT molecular complexity index is 785. The summed E-state index contributed by atoms with van der Waals surface area (Å²) >= 11 is 0. The predicted octanol–water partition coefficient (Wildman–Crippen LogP) is 0.978. The molecule has 21 heavy (non-hydrogen) atoms. The van der Waals surface area contributed by atoms with Crippen LogP contribution in [0.5, 0.6) is 0 Å². The molecule has 0 saturated heterocycles. The molecule has 0 saturated carbocycles. The number of rotatable bonds is 5. The summed E-state index contributed by atoms with van der Waals surface area (Å²) in [5.41, 5.74) is 2.26. The number of nitrogens with two attached hydrogens (primary N) is 1. The molecule has 2 aromatic rings. The molecule has 2 rings (SSSR count). The van der Waals surface area contributed by atoms with E-state index in [1.807, 2.05) is 0 Å². The number of hydrogen-bond acceptors (Lipinski definition) is 8. The Hall–Kier alpha value is -2.66. The first kappa shape index (κ1) is 14.7. The van der Waals surface area contributed by atoms with Crippen LogP contribution >= 0.6 is 0 Å². The second-order valence-corrected chi connectivity index (χ2v) is 5.67. The van der Waals surface area contributed by atoms with Gasteiger partial charge in [-0.05, 0) is 19.1 Å². The summed E-state index contributed by atoms with van der Waals surface area (Å²) in [5.74, 6) is 5.01. The summed E-state index contributed by atoms with van der Waals surface area (Å²) in [6, 6.07) is 4.73. The van der Waals surface area contributed by atoms with Gasteiger partial charge in [-0.1, -0.05) is 5.16 Å². The third kappa shape index (κ3) is 3.09. The summed E-state index contributed by atoms with van der Waals surface area (Å²) in [7, 11) is -4.19. The molecular weight excluding hydrogens is 302 g/mol. The van der Waals surface area contributed by atoms with Crippen LogP contribution in [-0.2, 0) is 10.0 Å². The molecule has 1 aromatic carbocycles. The van der Waals surface area contributed by atoms with E-state index >= 15 is 0 Å². The quantitative estimate of drug-likeness (QED) is 0.419. The number of anilines is 2. The van der Waals surface area contributed by atoms with Gasteiger partial charge in [0.25, 0.3) is 15.7 Å². The van der Waals surface area contributed by atoms with Gasteiger partial charge in [0.15, 0.2) is 4.90 Å². The first-order valence-corrected chi connectivity index (χ1v) is 7.03. The van der Waals surface area contributed by atoms with E-state index < -0.39 is 25.5 Å². The van der Waals surface area contributed by atoms with E-state index in [9.17, 15) is 18.5 Å². The van der Waals surface area contributed by atoms with Crippen LogP contribution in [0.15, 0.2) is 33.7 Å². The fourth-order valence-corrected chi connectivity index (χ4v) is 2.70. The molecule has 0 aliphatic carbocycles. The Balaban J connectivity index is 2.46. The van der Waals surface area contributed by atoms with Crippen LogP contribution in [0.4, 0.5) is 17.3 Å². The molecule has 11 heteroatoms. The number of nitro groups is 1. The number of nitrogens with one attached hydrogen (secondary N) is 2. The van der Waals surface area contributed by atoms with Crippen molar-refractivity contribution in [3.8, 4) is 0 Å². The van der Waals surface area contributed by atoms with Gasteiger partial charge in [-0.15, -0.1) is 0 Å². The lowest BCUT2D eigenvalue weighted by atomic mass is 10.3. The summed E-state index contributed by atoms with van der Waals surface area (Å²) in [5, 5.41) is 14.5. The zero-order chi connectivity index (χ0) is 15.6. The molecule has 1 heterocycles. The minimum absolute atomic E-state index is 0.136. The fraction of sp³-hybridized carbons (Fsp3) is 0.100. The SMILES string of the molecule is Cc1cc(NS(=O)(=O)c2ccc(NN)cc2[N+](=O)[O-])on1. The van der Waals surface area contributed by atoms with Crippen molar-refractivity contribution >= 4 is 27.3 Å². The number of aryl methyl sites for hydroxylation is 1. The van der Waals surface area contributed by atoms with Gasteiger partial charge in [0.05, 0.1) is 16.3 Å². The van der Waals surface area contributed by atoms with Crippen molar-refractivity contribution in [1.82, 2.24) is 5.16 Å². The number of hydrazine groups is 1. The highest BCUT2D eigenvalue weighted by Gasteiger charge is 2.27. The summed E-state index contributed by atoms with van der Waals surface area (Å²) < 4.78 is 31.2. The van der Waals surface area contributed by atoms with E-state index in [0.29, 0.717) is 5.69 Å². The van der Waals surface area contributed by atoms with Gasteiger partial charge >= 0.3 is 0 Å². The third-order valence-electron chi connectivity index (χ3n) is 2.47. The monoisotopic (exact) mass is 313 g/mol. The van der Waals surface area contributed by atoms with Crippen LogP contribution in [0.2, 0.25) is 0 Å². The number of hydrogen-bond donors (Lipinski definition) is 3. The van der Waals surface area contributed by atoms with Crippen LogP contribution in [0.3, 0.4) is 0 Å². The van der Waals surface area contributed by atoms with Gasteiger partial charge in [-0.3, -0.25) is 16.0 Å². The van der Waals surface area contributed by atoms with E-state index in [4.69, 9.17) is 10.4 Å². The number of sulfonamides is 1. The Morgan fingerprint density at radius 3 is 2.62 bits per heavy atom. The van der Waals surface area contributed by atoms with Crippen molar-refractivity contribution in [2.24, 2.45) is 5.84 Å². The molecule has 0 fully saturated rings. The fourth-order valence-electron chi connectivity index (χ4n) is 1.58. The minimum Gasteiger partial charge on any atom is -0.338 e. The van der Waals surface area contributed by atoms with E-state index in [1.165, 1.54) is 12.1 Å². The van der Waals surface area contributed by atoms with E-state index in [2.05, 4.69) is 15.3 Å². The molecule has 112 valence electrons. The largest absolute Gasteiger partial charge is 0.338 e. The smallest absolute Gasteiger partial charge is 0.291 e. The highest BCUT2D eigenvalue weighted by Crippen LogP contribution is 2.28. The second kappa shape index (κ2) is 5.38. The van der Waals surface area contributed by atoms with E-state index in [-0.39, 0.29) is 11.6 Å². The summed E-state index contributed by atoms with van der Waals surface area (Å²) in [6.07, 6.45) is 0. The van der Waals surface area contributed by atoms with Crippen molar-refractivity contribution in [2.45, 2.75) is 11.8 Å².